The predicted molar refractivity (Wildman–Crippen MR) is 319 cm³/mol. The van der Waals surface area contributed by atoms with Crippen molar-refractivity contribution in [3.63, 3.8) is 0 Å². The number of aliphatic hydroxyl groups excluding tert-OH is 1. The van der Waals surface area contributed by atoms with E-state index >= 15 is 0 Å². The molecule has 0 unspecified atom stereocenters. The van der Waals surface area contributed by atoms with E-state index in [1.54, 1.807) is 12.2 Å². The molecular formula is C60H95NO11S2Si2. The van der Waals surface area contributed by atoms with E-state index in [4.69, 9.17) is 18.9 Å². The largest absolute Gasteiger partial charge is 0.466 e. The molecule has 1 aliphatic carbocycles. The van der Waals surface area contributed by atoms with E-state index in [0.717, 1.165) is 72.2 Å². The molecule has 3 rings (SSSR count). The SMILES string of the molecule is CCCCCCCC(=O)SCC/C=C/[C@@H](O)CC(=O)OCC[Si](C)(C)C.CCCCCCCC(=O)SCC/C=C/[C@H](CC(=O)OCC[Si](C)(C)C)OC(=O)[C@@H](NC(=O)OCC1c2ccccc2-c2ccccc21)C(C)C. The van der Waals surface area contributed by atoms with E-state index in [1.165, 1.54) is 55.6 Å². The molecule has 0 bridgehead atoms. The zero-order chi connectivity index (χ0) is 56.4. The molecule has 0 spiro atoms. The number of rotatable bonds is 36. The Morgan fingerprint density at radius 3 is 1.57 bits per heavy atom. The maximum atomic E-state index is 13.5. The van der Waals surface area contributed by atoms with Crippen LogP contribution in [0.3, 0.4) is 0 Å². The maximum absolute atomic E-state index is 13.5. The summed E-state index contributed by atoms with van der Waals surface area (Å²) in [7, 11) is -2.60. The van der Waals surface area contributed by atoms with Crippen LogP contribution in [-0.4, -0.2) is 105 Å². The van der Waals surface area contributed by atoms with Crippen molar-refractivity contribution in [2.45, 2.75) is 206 Å². The molecule has 3 atom stereocenters. The van der Waals surface area contributed by atoms with Crippen molar-refractivity contribution >= 4 is 73.9 Å². The molecule has 0 radical (unpaired) electrons. The van der Waals surface area contributed by atoms with Crippen LogP contribution in [0.15, 0.2) is 72.8 Å². The second-order valence-corrected chi connectivity index (χ2v) is 36.0. The van der Waals surface area contributed by atoms with Gasteiger partial charge in [0.05, 0.1) is 32.2 Å². The molecule has 2 aromatic carbocycles. The third-order valence-corrected chi connectivity index (χ3v) is 17.9. The molecule has 0 saturated carbocycles. The number of fused-ring (bicyclic) bond motifs is 3. The standard InChI is InChI=1S/C40H57NO7SSi.C20H38O4SSi/c1-7-8-9-10-11-23-37(43)49-25-17-16-18-30(27-36(42)46-24-26-50(4,5)6)48-39(44)38(29(2)3)41-40(45)47-28-35-33-21-14-12-19-31(33)32-20-13-15-22-34(32)35;1-5-6-7-8-9-13-20(23)25-15-11-10-12-18(21)17-19(22)24-14-16-26(2,3)4/h12-16,18-22,29-30,35,38H,7-11,17,23-28H2,1-6H3,(H,41,45);10,12,18,21H,5-9,11,13-17H2,1-4H3/b18-16+;12-10+/t30-,38+;18-/m11/s1. The summed E-state index contributed by atoms with van der Waals surface area (Å²) in [5, 5.41) is 13.0. The number of benzene rings is 2. The van der Waals surface area contributed by atoms with Gasteiger partial charge in [0.15, 0.2) is 10.2 Å². The average molecular weight is 1130 g/mol. The van der Waals surface area contributed by atoms with Crippen LogP contribution in [0.4, 0.5) is 4.79 Å². The maximum Gasteiger partial charge on any atom is 0.407 e. The summed E-state index contributed by atoms with van der Waals surface area (Å²) in [5.74, 6) is -0.567. The predicted octanol–water partition coefficient (Wildman–Crippen LogP) is 14.5. The van der Waals surface area contributed by atoms with Crippen molar-refractivity contribution in [1.82, 2.24) is 5.32 Å². The minimum Gasteiger partial charge on any atom is -0.466 e. The summed E-state index contributed by atoms with van der Waals surface area (Å²) in [5.41, 5.74) is 4.44. The fourth-order valence-corrected chi connectivity index (χ4v) is 10.9. The normalized spacial score (nSPS) is 13.6. The highest BCUT2D eigenvalue weighted by Crippen LogP contribution is 2.44. The summed E-state index contributed by atoms with van der Waals surface area (Å²) >= 11 is 2.67. The number of thioether (sulfide) groups is 2. The Morgan fingerprint density at radius 1 is 0.632 bits per heavy atom. The van der Waals surface area contributed by atoms with Crippen LogP contribution in [0.5, 0.6) is 0 Å². The fourth-order valence-electron chi connectivity index (χ4n) is 7.97. The fraction of sp³-hybridized carbons (Fsp3) is 0.633. The molecule has 2 aromatic rings. The zero-order valence-corrected chi connectivity index (χ0v) is 51.6. The number of aliphatic hydroxyl groups is 1. The first-order chi connectivity index (χ1) is 36.1. The molecule has 426 valence electrons. The number of esters is 3. The summed E-state index contributed by atoms with van der Waals surface area (Å²) in [6.07, 6.45) is 18.3. The molecule has 16 heteroatoms. The van der Waals surface area contributed by atoms with Crippen LogP contribution >= 0.6 is 23.5 Å². The van der Waals surface area contributed by atoms with E-state index in [2.05, 4.69) is 70.6 Å². The Morgan fingerprint density at radius 2 is 1.09 bits per heavy atom. The summed E-state index contributed by atoms with van der Waals surface area (Å²) in [4.78, 5) is 74.9. The minimum absolute atomic E-state index is 0.00790. The lowest BCUT2D eigenvalue weighted by molar-refractivity contribution is -0.155. The quantitative estimate of drug-likeness (QED) is 0.0217. The van der Waals surface area contributed by atoms with Crippen LogP contribution in [0, 0.1) is 5.92 Å². The van der Waals surface area contributed by atoms with Crippen molar-refractivity contribution in [2.24, 2.45) is 5.92 Å². The second kappa shape index (κ2) is 38.6. The van der Waals surface area contributed by atoms with E-state index in [9.17, 15) is 33.9 Å². The van der Waals surface area contributed by atoms with Gasteiger partial charge in [0.1, 0.15) is 18.8 Å². The Balaban J connectivity index is 0.000000642. The van der Waals surface area contributed by atoms with Crippen molar-refractivity contribution in [2.75, 3.05) is 31.3 Å². The molecule has 12 nitrogen and oxygen atoms in total. The van der Waals surface area contributed by atoms with Crippen LogP contribution in [0.2, 0.25) is 51.4 Å². The van der Waals surface area contributed by atoms with Crippen molar-refractivity contribution in [3.8, 4) is 11.1 Å². The first kappa shape index (κ1) is 68.1. The topological polar surface area (TPSA) is 172 Å². The number of carbonyl (C=O) groups is 6. The lowest BCUT2D eigenvalue weighted by Crippen LogP contribution is -2.46. The molecule has 0 aromatic heterocycles. The molecule has 1 amide bonds. The molecule has 76 heavy (non-hydrogen) atoms. The van der Waals surface area contributed by atoms with Crippen molar-refractivity contribution in [3.05, 3.63) is 84.0 Å². The Hall–Kier alpha value is -3.97. The van der Waals surface area contributed by atoms with Gasteiger partial charge in [-0.1, -0.05) is 209 Å². The number of carbonyl (C=O) groups excluding carboxylic acids is 6. The number of hydrogen-bond acceptors (Lipinski definition) is 13. The molecule has 0 aliphatic heterocycles. The Labute approximate surface area is 467 Å². The van der Waals surface area contributed by atoms with Crippen molar-refractivity contribution in [1.29, 1.82) is 0 Å². The third-order valence-electron chi connectivity index (χ3n) is 12.6. The van der Waals surface area contributed by atoms with Crippen LogP contribution in [-0.2, 0) is 42.9 Å². The second-order valence-electron chi connectivity index (χ2n) is 22.4. The molecule has 0 fully saturated rings. The number of unbranched alkanes of at least 4 members (excludes halogenated alkanes) is 8. The van der Waals surface area contributed by atoms with E-state index in [1.807, 2.05) is 62.4 Å². The number of amides is 1. The highest BCUT2D eigenvalue weighted by molar-refractivity contribution is 8.13. The molecular weight excluding hydrogens is 1030 g/mol. The number of hydrogen-bond donors (Lipinski definition) is 2. The number of ether oxygens (including phenoxy) is 4. The van der Waals surface area contributed by atoms with Crippen LogP contribution in [0.25, 0.3) is 11.1 Å². The molecule has 0 saturated heterocycles. The summed E-state index contributed by atoms with van der Waals surface area (Å²) < 4.78 is 22.2. The van der Waals surface area contributed by atoms with Gasteiger partial charge in [0.2, 0.25) is 0 Å². The van der Waals surface area contributed by atoms with Gasteiger partial charge in [-0.2, -0.15) is 0 Å². The number of allylic oxidation sites excluding steroid dienone is 2. The van der Waals surface area contributed by atoms with Gasteiger partial charge in [-0.25, -0.2) is 9.59 Å². The highest BCUT2D eigenvalue weighted by Gasteiger charge is 2.32. The monoisotopic (exact) mass is 1130 g/mol. The summed E-state index contributed by atoms with van der Waals surface area (Å²) in [6.45, 7) is 22.2. The number of alkyl carbamates (subject to hydrolysis) is 1. The van der Waals surface area contributed by atoms with Gasteiger partial charge in [0, 0.05) is 46.4 Å². The minimum atomic E-state index is -1.40. The summed E-state index contributed by atoms with van der Waals surface area (Å²) in [6, 6.07) is 17.0. The number of nitrogens with one attached hydrogen (secondary N) is 1. The third kappa shape index (κ3) is 31.4. The van der Waals surface area contributed by atoms with E-state index in [0.29, 0.717) is 44.6 Å². The Bertz CT molecular complexity index is 2060. The first-order valence-corrected chi connectivity index (χ1v) is 37.5. The molecule has 2 N–H and O–H groups in total. The van der Waals surface area contributed by atoms with Crippen LogP contribution < -0.4 is 5.32 Å². The Kier molecular flexibility index (Phi) is 34.6. The van der Waals surface area contributed by atoms with E-state index < -0.39 is 52.4 Å². The van der Waals surface area contributed by atoms with Gasteiger partial charge in [-0.3, -0.25) is 19.2 Å². The average Bonchev–Trinajstić information content (AvgIpc) is 3.67. The van der Waals surface area contributed by atoms with Gasteiger partial charge in [-0.05, 0) is 72.0 Å². The van der Waals surface area contributed by atoms with Gasteiger partial charge in [-0.15, -0.1) is 0 Å². The highest BCUT2D eigenvalue weighted by atomic mass is 32.2. The van der Waals surface area contributed by atoms with Crippen LogP contribution in [0.1, 0.15) is 147 Å². The first-order valence-electron chi connectivity index (χ1n) is 28.1. The van der Waals surface area contributed by atoms with Crippen molar-refractivity contribution < 1.29 is 52.8 Å². The zero-order valence-electron chi connectivity index (χ0n) is 47.9. The smallest absolute Gasteiger partial charge is 0.407 e. The van der Waals surface area contributed by atoms with E-state index in [-0.39, 0.29) is 47.5 Å². The van der Waals surface area contributed by atoms with Gasteiger partial charge < -0.3 is 29.4 Å². The molecule has 0 heterocycles. The lowest BCUT2D eigenvalue weighted by Gasteiger charge is -2.24. The molecule has 1 aliphatic rings. The van der Waals surface area contributed by atoms with Gasteiger partial charge >= 0.3 is 24.0 Å². The lowest BCUT2D eigenvalue weighted by atomic mass is 9.98. The van der Waals surface area contributed by atoms with Gasteiger partial charge in [0.25, 0.3) is 0 Å².